The molecule has 0 aliphatic heterocycles. The van der Waals surface area contributed by atoms with E-state index < -0.39 is 5.54 Å². The molecule has 0 fully saturated rings. The zero-order chi connectivity index (χ0) is 12.5. The Labute approximate surface area is 105 Å². The van der Waals surface area contributed by atoms with Crippen LogP contribution in [-0.4, -0.2) is 0 Å². The topological polar surface area (TPSA) is 26.0 Å². The Kier molecular flexibility index (Phi) is 3.18. The third-order valence-corrected chi connectivity index (χ3v) is 3.10. The summed E-state index contributed by atoms with van der Waals surface area (Å²) in [6, 6.07) is 14.0. The van der Waals surface area contributed by atoms with Crippen LogP contribution in [0.15, 0.2) is 48.5 Å². The van der Waals surface area contributed by atoms with Crippen molar-refractivity contribution in [3.63, 3.8) is 0 Å². The van der Waals surface area contributed by atoms with Crippen molar-refractivity contribution in [2.45, 2.75) is 12.5 Å². The van der Waals surface area contributed by atoms with Crippen molar-refractivity contribution in [3.8, 4) is 0 Å². The Morgan fingerprint density at radius 1 is 1.12 bits per heavy atom. The van der Waals surface area contributed by atoms with E-state index in [1.165, 1.54) is 6.07 Å². The number of hydrogen-bond acceptors (Lipinski definition) is 1. The Morgan fingerprint density at radius 3 is 2.35 bits per heavy atom. The molecule has 0 radical (unpaired) electrons. The van der Waals surface area contributed by atoms with Gasteiger partial charge in [-0.2, -0.15) is 0 Å². The monoisotopic (exact) mass is 249 g/mol. The Balaban J connectivity index is 2.52. The van der Waals surface area contributed by atoms with Gasteiger partial charge in [-0.3, -0.25) is 0 Å². The van der Waals surface area contributed by atoms with Gasteiger partial charge in [0.25, 0.3) is 0 Å². The normalized spacial score (nSPS) is 14.4. The molecule has 0 saturated carbocycles. The van der Waals surface area contributed by atoms with Gasteiger partial charge in [-0.25, -0.2) is 4.39 Å². The Hall–Kier alpha value is -1.38. The van der Waals surface area contributed by atoms with E-state index in [1.807, 2.05) is 30.3 Å². The highest BCUT2D eigenvalue weighted by Gasteiger charge is 2.26. The molecule has 0 saturated heterocycles. The number of benzene rings is 2. The van der Waals surface area contributed by atoms with Crippen molar-refractivity contribution >= 4 is 11.6 Å². The molecule has 0 aliphatic carbocycles. The first kappa shape index (κ1) is 12.1. The van der Waals surface area contributed by atoms with Crippen molar-refractivity contribution < 1.29 is 4.39 Å². The summed E-state index contributed by atoms with van der Waals surface area (Å²) >= 11 is 5.73. The Morgan fingerprint density at radius 2 is 1.76 bits per heavy atom. The minimum Gasteiger partial charge on any atom is -0.318 e. The summed E-state index contributed by atoms with van der Waals surface area (Å²) in [5.41, 5.74) is 6.66. The molecule has 2 aromatic rings. The van der Waals surface area contributed by atoms with E-state index in [1.54, 1.807) is 19.1 Å². The highest BCUT2D eigenvalue weighted by molar-refractivity contribution is 6.30. The van der Waals surface area contributed by atoms with Gasteiger partial charge >= 0.3 is 0 Å². The average Bonchev–Trinajstić information content (AvgIpc) is 2.29. The van der Waals surface area contributed by atoms with Crippen LogP contribution in [0, 0.1) is 5.82 Å². The molecule has 2 rings (SSSR count). The zero-order valence-electron chi connectivity index (χ0n) is 9.45. The number of rotatable bonds is 2. The quantitative estimate of drug-likeness (QED) is 0.863. The summed E-state index contributed by atoms with van der Waals surface area (Å²) in [5.74, 6) is -0.383. The van der Waals surface area contributed by atoms with Crippen LogP contribution >= 0.6 is 11.6 Å². The fourth-order valence-corrected chi connectivity index (χ4v) is 2.01. The zero-order valence-corrected chi connectivity index (χ0v) is 10.2. The van der Waals surface area contributed by atoms with Gasteiger partial charge in [0, 0.05) is 10.6 Å². The Bertz CT molecular complexity index is 523. The van der Waals surface area contributed by atoms with E-state index in [4.69, 9.17) is 17.3 Å². The predicted molar refractivity (Wildman–Crippen MR) is 68.5 cm³/mol. The summed E-state index contributed by atoms with van der Waals surface area (Å²) in [7, 11) is 0. The van der Waals surface area contributed by atoms with Gasteiger partial charge in [0.1, 0.15) is 5.82 Å². The molecule has 1 atom stereocenters. The molecule has 2 aromatic carbocycles. The van der Waals surface area contributed by atoms with Crippen LogP contribution < -0.4 is 5.73 Å². The molecule has 0 amide bonds. The molecule has 88 valence electrons. The van der Waals surface area contributed by atoms with E-state index in [0.29, 0.717) is 10.6 Å². The first-order valence-corrected chi connectivity index (χ1v) is 5.69. The second-order valence-corrected chi connectivity index (χ2v) is 4.63. The van der Waals surface area contributed by atoms with Gasteiger partial charge in [0.05, 0.1) is 5.54 Å². The number of nitrogens with two attached hydrogens (primary N) is 1. The standard InChI is InChI=1S/C14H13ClFN/c1-14(17,10-5-3-2-4-6-10)12-8-7-11(15)9-13(12)16/h2-9H,17H2,1H3. The molecule has 0 spiro atoms. The summed E-state index contributed by atoms with van der Waals surface area (Å²) < 4.78 is 13.9. The number of hydrogen-bond donors (Lipinski definition) is 1. The third kappa shape index (κ3) is 2.33. The second-order valence-electron chi connectivity index (χ2n) is 4.19. The van der Waals surface area contributed by atoms with Crippen LogP contribution in [0.25, 0.3) is 0 Å². The predicted octanol–water partition coefficient (Wildman–Crippen LogP) is 3.70. The molecule has 2 N–H and O–H groups in total. The van der Waals surface area contributed by atoms with Gasteiger partial charge in [0.15, 0.2) is 0 Å². The number of halogens is 2. The molecular formula is C14H13ClFN. The molecule has 0 aromatic heterocycles. The van der Waals surface area contributed by atoms with Crippen LogP contribution in [0.5, 0.6) is 0 Å². The summed E-state index contributed by atoms with van der Waals surface area (Å²) in [5, 5.41) is 0.370. The van der Waals surface area contributed by atoms with E-state index >= 15 is 0 Å². The lowest BCUT2D eigenvalue weighted by Crippen LogP contribution is -2.35. The van der Waals surface area contributed by atoms with Gasteiger partial charge < -0.3 is 5.73 Å². The molecule has 17 heavy (non-hydrogen) atoms. The molecule has 0 heterocycles. The van der Waals surface area contributed by atoms with Crippen LogP contribution in [0.4, 0.5) is 4.39 Å². The lowest BCUT2D eigenvalue weighted by Gasteiger charge is -2.26. The van der Waals surface area contributed by atoms with Gasteiger partial charge in [-0.1, -0.05) is 48.0 Å². The lowest BCUT2D eigenvalue weighted by molar-refractivity contribution is 0.531. The van der Waals surface area contributed by atoms with E-state index in [9.17, 15) is 4.39 Å². The summed E-state index contributed by atoms with van der Waals surface area (Å²) in [6.45, 7) is 1.79. The van der Waals surface area contributed by atoms with E-state index in [-0.39, 0.29) is 5.82 Å². The molecule has 3 heteroatoms. The van der Waals surface area contributed by atoms with Gasteiger partial charge in [-0.15, -0.1) is 0 Å². The lowest BCUT2D eigenvalue weighted by atomic mass is 9.85. The van der Waals surface area contributed by atoms with Crippen molar-refractivity contribution in [1.29, 1.82) is 0 Å². The third-order valence-electron chi connectivity index (χ3n) is 2.86. The molecule has 0 aliphatic rings. The highest BCUT2D eigenvalue weighted by Crippen LogP contribution is 2.29. The van der Waals surface area contributed by atoms with Crippen molar-refractivity contribution in [1.82, 2.24) is 0 Å². The maximum atomic E-state index is 13.9. The van der Waals surface area contributed by atoms with Gasteiger partial charge in [0.2, 0.25) is 0 Å². The second kappa shape index (κ2) is 4.47. The minimum atomic E-state index is -0.865. The van der Waals surface area contributed by atoms with Crippen molar-refractivity contribution in [2.24, 2.45) is 5.73 Å². The molecular weight excluding hydrogens is 237 g/mol. The molecule has 1 nitrogen and oxygen atoms in total. The first-order chi connectivity index (χ1) is 8.01. The van der Waals surface area contributed by atoms with Crippen LogP contribution in [0.2, 0.25) is 5.02 Å². The van der Waals surface area contributed by atoms with Crippen molar-refractivity contribution in [3.05, 3.63) is 70.5 Å². The van der Waals surface area contributed by atoms with Crippen LogP contribution in [0.1, 0.15) is 18.1 Å². The van der Waals surface area contributed by atoms with Gasteiger partial charge in [-0.05, 0) is 24.6 Å². The molecule has 1 unspecified atom stereocenters. The summed E-state index contributed by atoms with van der Waals surface area (Å²) in [6.07, 6.45) is 0. The average molecular weight is 250 g/mol. The SMILES string of the molecule is CC(N)(c1ccccc1)c1ccc(Cl)cc1F. The fraction of sp³-hybridized carbons (Fsp3) is 0.143. The maximum absolute atomic E-state index is 13.9. The van der Waals surface area contributed by atoms with E-state index in [0.717, 1.165) is 5.56 Å². The van der Waals surface area contributed by atoms with Crippen LogP contribution in [0.3, 0.4) is 0 Å². The maximum Gasteiger partial charge on any atom is 0.130 e. The smallest absolute Gasteiger partial charge is 0.130 e. The minimum absolute atomic E-state index is 0.370. The van der Waals surface area contributed by atoms with Crippen molar-refractivity contribution in [2.75, 3.05) is 0 Å². The summed E-state index contributed by atoms with van der Waals surface area (Å²) in [4.78, 5) is 0. The molecule has 0 bridgehead atoms. The van der Waals surface area contributed by atoms with E-state index in [2.05, 4.69) is 0 Å². The first-order valence-electron chi connectivity index (χ1n) is 5.32. The largest absolute Gasteiger partial charge is 0.318 e. The van der Waals surface area contributed by atoms with Crippen LogP contribution in [-0.2, 0) is 5.54 Å². The fourth-order valence-electron chi connectivity index (χ4n) is 1.85. The highest BCUT2D eigenvalue weighted by atomic mass is 35.5.